The van der Waals surface area contributed by atoms with Crippen molar-refractivity contribution in [3.8, 4) is 0 Å². The Balaban J connectivity index is 1.85. The van der Waals surface area contributed by atoms with Gasteiger partial charge in [0.2, 0.25) is 5.91 Å². The molecule has 2 N–H and O–H groups in total. The number of likely N-dealkylation sites (N-methyl/N-ethyl adjacent to an activating group) is 1. The summed E-state index contributed by atoms with van der Waals surface area (Å²) >= 11 is 0. The molecule has 1 aliphatic carbocycles. The molecule has 2 fully saturated rings. The average molecular weight is 267 g/mol. The number of carbonyl (C=O) groups is 1. The van der Waals surface area contributed by atoms with Crippen molar-refractivity contribution in [3.05, 3.63) is 0 Å². The standard InChI is InChI=1S/C15H29N3O/c1-12-6-9-16-13(10-12)14(19)17-11-15(18(2)3)7-4-5-8-15/h12-13,16H,4-11H2,1-3H3,(H,17,19). The summed E-state index contributed by atoms with van der Waals surface area (Å²) in [5, 5.41) is 6.53. The first-order valence-corrected chi connectivity index (χ1v) is 7.72. The number of carbonyl (C=O) groups excluding carboxylic acids is 1. The first-order chi connectivity index (χ1) is 9.03. The van der Waals surface area contributed by atoms with Crippen molar-refractivity contribution in [1.29, 1.82) is 0 Å². The quantitative estimate of drug-likeness (QED) is 0.808. The second-order valence-electron chi connectivity index (χ2n) is 6.68. The predicted molar refractivity (Wildman–Crippen MR) is 78.1 cm³/mol. The highest BCUT2D eigenvalue weighted by Gasteiger charge is 2.36. The number of hydrogen-bond acceptors (Lipinski definition) is 3. The largest absolute Gasteiger partial charge is 0.353 e. The SMILES string of the molecule is CC1CCNC(C(=O)NCC2(N(C)C)CCCC2)C1. The number of nitrogens with one attached hydrogen (secondary N) is 2. The number of rotatable bonds is 4. The maximum absolute atomic E-state index is 12.3. The topological polar surface area (TPSA) is 44.4 Å². The van der Waals surface area contributed by atoms with Crippen LogP contribution in [0.4, 0.5) is 0 Å². The van der Waals surface area contributed by atoms with E-state index in [4.69, 9.17) is 0 Å². The van der Waals surface area contributed by atoms with E-state index in [1.165, 1.54) is 32.1 Å². The molecule has 1 saturated carbocycles. The van der Waals surface area contributed by atoms with Crippen molar-refractivity contribution in [2.75, 3.05) is 27.2 Å². The lowest BCUT2D eigenvalue weighted by Crippen LogP contribution is -2.55. The van der Waals surface area contributed by atoms with Gasteiger partial charge in [0.1, 0.15) is 0 Å². The summed E-state index contributed by atoms with van der Waals surface area (Å²) in [5.41, 5.74) is 0.190. The Hall–Kier alpha value is -0.610. The normalized spacial score (nSPS) is 30.5. The predicted octanol–water partition coefficient (Wildman–Crippen LogP) is 1.37. The molecule has 19 heavy (non-hydrogen) atoms. The molecular weight excluding hydrogens is 238 g/mol. The third-order valence-corrected chi connectivity index (χ3v) is 5.06. The summed E-state index contributed by atoms with van der Waals surface area (Å²) in [6.07, 6.45) is 7.13. The van der Waals surface area contributed by atoms with Crippen LogP contribution in [0.25, 0.3) is 0 Å². The Labute approximate surface area is 117 Å². The number of piperidine rings is 1. The Bertz CT molecular complexity index is 311. The third kappa shape index (κ3) is 3.48. The van der Waals surface area contributed by atoms with Crippen LogP contribution in [0.3, 0.4) is 0 Å². The summed E-state index contributed by atoms with van der Waals surface area (Å²) in [5.74, 6) is 0.853. The number of hydrogen-bond donors (Lipinski definition) is 2. The van der Waals surface area contributed by atoms with Crippen LogP contribution in [0.1, 0.15) is 45.4 Å². The monoisotopic (exact) mass is 267 g/mol. The van der Waals surface area contributed by atoms with Crippen molar-refractivity contribution < 1.29 is 4.79 Å². The van der Waals surface area contributed by atoms with E-state index >= 15 is 0 Å². The fourth-order valence-electron chi connectivity index (χ4n) is 3.50. The van der Waals surface area contributed by atoms with Crippen LogP contribution in [0.2, 0.25) is 0 Å². The fourth-order valence-corrected chi connectivity index (χ4v) is 3.50. The molecule has 0 aromatic heterocycles. The van der Waals surface area contributed by atoms with Crippen molar-refractivity contribution in [1.82, 2.24) is 15.5 Å². The Morgan fingerprint density at radius 3 is 2.63 bits per heavy atom. The molecule has 2 rings (SSSR count). The van der Waals surface area contributed by atoms with Gasteiger partial charge in [-0.25, -0.2) is 0 Å². The maximum Gasteiger partial charge on any atom is 0.237 e. The van der Waals surface area contributed by atoms with Gasteiger partial charge in [-0.1, -0.05) is 19.8 Å². The van der Waals surface area contributed by atoms with Crippen LogP contribution in [-0.4, -0.2) is 49.6 Å². The smallest absolute Gasteiger partial charge is 0.237 e. The molecule has 1 amide bonds. The molecule has 1 heterocycles. The molecule has 4 nitrogen and oxygen atoms in total. The molecule has 2 unspecified atom stereocenters. The van der Waals surface area contributed by atoms with E-state index in [0.29, 0.717) is 5.92 Å². The van der Waals surface area contributed by atoms with Crippen LogP contribution in [0, 0.1) is 5.92 Å². The Morgan fingerprint density at radius 2 is 2.05 bits per heavy atom. The highest BCUT2D eigenvalue weighted by molar-refractivity contribution is 5.81. The summed E-state index contributed by atoms with van der Waals surface area (Å²) in [6, 6.07) is 0.0179. The second-order valence-corrected chi connectivity index (χ2v) is 6.68. The van der Waals surface area contributed by atoms with Crippen LogP contribution < -0.4 is 10.6 Å². The molecule has 4 heteroatoms. The molecule has 0 aromatic rings. The molecule has 1 aliphatic heterocycles. The minimum atomic E-state index is 0.0179. The molecular formula is C15H29N3O. The van der Waals surface area contributed by atoms with Crippen LogP contribution >= 0.6 is 0 Å². The van der Waals surface area contributed by atoms with Crippen LogP contribution in [0.15, 0.2) is 0 Å². The van der Waals surface area contributed by atoms with Crippen LogP contribution in [0.5, 0.6) is 0 Å². The Kier molecular flexibility index (Phi) is 4.85. The average Bonchev–Trinajstić information content (AvgIpc) is 2.86. The summed E-state index contributed by atoms with van der Waals surface area (Å²) in [4.78, 5) is 14.6. The van der Waals surface area contributed by atoms with Crippen LogP contribution in [-0.2, 0) is 4.79 Å². The minimum Gasteiger partial charge on any atom is -0.353 e. The molecule has 110 valence electrons. The summed E-state index contributed by atoms with van der Waals surface area (Å²) < 4.78 is 0. The van der Waals surface area contributed by atoms with Crippen molar-refractivity contribution in [2.24, 2.45) is 5.92 Å². The van der Waals surface area contributed by atoms with E-state index in [2.05, 4.69) is 36.6 Å². The maximum atomic E-state index is 12.3. The highest BCUT2D eigenvalue weighted by atomic mass is 16.2. The van der Waals surface area contributed by atoms with E-state index in [1.807, 2.05) is 0 Å². The van der Waals surface area contributed by atoms with Gasteiger partial charge in [-0.05, 0) is 52.2 Å². The lowest BCUT2D eigenvalue weighted by Gasteiger charge is -2.37. The van der Waals surface area contributed by atoms with Gasteiger partial charge in [-0.2, -0.15) is 0 Å². The highest BCUT2D eigenvalue weighted by Crippen LogP contribution is 2.33. The zero-order chi connectivity index (χ0) is 13.9. The van der Waals surface area contributed by atoms with Gasteiger partial charge >= 0.3 is 0 Å². The van der Waals surface area contributed by atoms with E-state index in [9.17, 15) is 4.79 Å². The van der Waals surface area contributed by atoms with E-state index in [-0.39, 0.29) is 17.5 Å². The zero-order valence-corrected chi connectivity index (χ0v) is 12.7. The van der Waals surface area contributed by atoms with Crippen molar-refractivity contribution in [3.63, 3.8) is 0 Å². The number of amides is 1. The first kappa shape index (κ1) is 14.8. The number of nitrogens with zero attached hydrogens (tertiary/aromatic N) is 1. The second kappa shape index (κ2) is 6.23. The van der Waals surface area contributed by atoms with Gasteiger partial charge in [0.25, 0.3) is 0 Å². The third-order valence-electron chi connectivity index (χ3n) is 5.06. The first-order valence-electron chi connectivity index (χ1n) is 7.72. The molecule has 0 radical (unpaired) electrons. The molecule has 0 aromatic carbocycles. The molecule has 0 spiro atoms. The van der Waals surface area contributed by atoms with Crippen molar-refractivity contribution >= 4 is 5.91 Å². The minimum absolute atomic E-state index is 0.0179. The molecule has 0 bridgehead atoms. The van der Waals surface area contributed by atoms with E-state index in [1.54, 1.807) is 0 Å². The lowest BCUT2D eigenvalue weighted by atomic mass is 9.93. The zero-order valence-electron chi connectivity index (χ0n) is 12.7. The van der Waals surface area contributed by atoms with Gasteiger partial charge in [0.05, 0.1) is 6.04 Å². The van der Waals surface area contributed by atoms with Gasteiger partial charge in [-0.15, -0.1) is 0 Å². The molecule has 2 atom stereocenters. The van der Waals surface area contributed by atoms with Gasteiger partial charge in [0, 0.05) is 12.1 Å². The van der Waals surface area contributed by atoms with E-state index < -0.39 is 0 Å². The van der Waals surface area contributed by atoms with Gasteiger partial charge < -0.3 is 15.5 Å². The lowest BCUT2D eigenvalue weighted by molar-refractivity contribution is -0.124. The fraction of sp³-hybridized carbons (Fsp3) is 0.933. The summed E-state index contributed by atoms with van der Waals surface area (Å²) in [6.45, 7) is 4.00. The van der Waals surface area contributed by atoms with E-state index in [0.717, 1.165) is 19.5 Å². The Morgan fingerprint density at radius 1 is 1.37 bits per heavy atom. The molecule has 1 saturated heterocycles. The van der Waals surface area contributed by atoms with Gasteiger partial charge in [0.15, 0.2) is 0 Å². The molecule has 2 aliphatic rings. The van der Waals surface area contributed by atoms with Gasteiger partial charge in [-0.3, -0.25) is 4.79 Å². The summed E-state index contributed by atoms with van der Waals surface area (Å²) in [7, 11) is 4.27. The van der Waals surface area contributed by atoms with Crippen molar-refractivity contribution in [2.45, 2.75) is 57.0 Å².